The third kappa shape index (κ3) is 2.16. The maximum absolute atomic E-state index is 5.76. The van der Waals surface area contributed by atoms with E-state index in [2.05, 4.69) is 12.6 Å². The van der Waals surface area contributed by atoms with Crippen molar-refractivity contribution in [2.75, 3.05) is 11.7 Å². The molecule has 0 aliphatic heterocycles. The molecule has 0 atom stereocenters. The number of hydrogen-bond acceptors (Lipinski definition) is 3. The molecule has 66 valence electrons. The summed E-state index contributed by atoms with van der Waals surface area (Å²) < 4.78 is 5.17. The van der Waals surface area contributed by atoms with Crippen LogP contribution in [0.3, 0.4) is 0 Å². The Hall–Kier alpha value is -0.670. The van der Waals surface area contributed by atoms with E-state index in [1.54, 1.807) is 0 Å². The van der Waals surface area contributed by atoms with Crippen molar-refractivity contribution in [2.24, 2.45) is 0 Å². The van der Waals surface area contributed by atoms with E-state index in [4.69, 9.17) is 10.5 Å². The molecule has 2 N–H and O–H groups in total. The second kappa shape index (κ2) is 4.38. The number of nitrogen functional groups attached to an aromatic ring is 1. The fourth-order valence-corrected chi connectivity index (χ4v) is 1.16. The minimum atomic E-state index is 0.424. The Morgan fingerprint density at radius 3 is 2.83 bits per heavy atom. The van der Waals surface area contributed by atoms with Crippen LogP contribution in [-0.4, -0.2) is 5.94 Å². The fraction of sp³-hybridized carbons (Fsp3) is 0.333. The first kappa shape index (κ1) is 9.42. The molecule has 1 aromatic rings. The van der Waals surface area contributed by atoms with Gasteiger partial charge in [0.25, 0.3) is 0 Å². The van der Waals surface area contributed by atoms with Crippen LogP contribution in [0.4, 0.5) is 5.69 Å². The van der Waals surface area contributed by atoms with Crippen LogP contribution in [0, 0.1) is 6.92 Å². The molecule has 0 radical (unpaired) electrons. The predicted octanol–water partition coefficient (Wildman–Crippen LogP) is 1.98. The summed E-state index contributed by atoms with van der Waals surface area (Å²) in [5.41, 5.74) is 8.77. The third-order valence-electron chi connectivity index (χ3n) is 1.78. The zero-order chi connectivity index (χ0) is 8.97. The molecule has 2 nitrogen and oxygen atoms in total. The van der Waals surface area contributed by atoms with Crippen molar-refractivity contribution >= 4 is 18.3 Å². The number of ether oxygens (including phenoxy) is 1. The van der Waals surface area contributed by atoms with Gasteiger partial charge >= 0.3 is 0 Å². The monoisotopic (exact) mass is 183 g/mol. The van der Waals surface area contributed by atoms with Crippen molar-refractivity contribution < 1.29 is 4.74 Å². The van der Waals surface area contributed by atoms with E-state index in [0.29, 0.717) is 12.5 Å². The van der Waals surface area contributed by atoms with E-state index in [-0.39, 0.29) is 0 Å². The van der Waals surface area contributed by atoms with E-state index in [1.165, 1.54) is 0 Å². The van der Waals surface area contributed by atoms with Gasteiger partial charge in [-0.3, -0.25) is 0 Å². The Balaban J connectivity index is 2.81. The van der Waals surface area contributed by atoms with Crippen molar-refractivity contribution in [2.45, 2.75) is 13.5 Å². The molecule has 0 aliphatic carbocycles. The van der Waals surface area contributed by atoms with E-state index in [0.717, 1.165) is 16.8 Å². The molecule has 0 aromatic heterocycles. The van der Waals surface area contributed by atoms with Crippen molar-refractivity contribution in [1.29, 1.82) is 0 Å². The van der Waals surface area contributed by atoms with Crippen molar-refractivity contribution in [3.8, 4) is 0 Å². The number of hydrogen-bond donors (Lipinski definition) is 2. The summed E-state index contributed by atoms with van der Waals surface area (Å²) in [5.74, 6) is 0.424. The quantitative estimate of drug-likeness (QED) is 0.427. The van der Waals surface area contributed by atoms with Gasteiger partial charge in [-0.15, -0.1) is 0 Å². The third-order valence-corrected chi connectivity index (χ3v) is 1.97. The number of thiol groups is 1. The number of anilines is 1. The summed E-state index contributed by atoms with van der Waals surface area (Å²) in [6.45, 7) is 2.57. The van der Waals surface area contributed by atoms with E-state index >= 15 is 0 Å². The Morgan fingerprint density at radius 2 is 2.25 bits per heavy atom. The molecule has 12 heavy (non-hydrogen) atoms. The molecule has 0 fully saturated rings. The summed E-state index contributed by atoms with van der Waals surface area (Å²) >= 11 is 3.96. The molecule has 0 saturated carbocycles. The molecule has 0 saturated heterocycles. The largest absolute Gasteiger partial charge is 0.398 e. The lowest BCUT2D eigenvalue weighted by atomic mass is 10.1. The Labute approximate surface area is 78.1 Å². The lowest BCUT2D eigenvalue weighted by Gasteiger charge is -2.08. The minimum absolute atomic E-state index is 0.424. The lowest BCUT2D eigenvalue weighted by molar-refractivity contribution is 0.170. The predicted molar refractivity (Wildman–Crippen MR) is 54.2 cm³/mol. The maximum Gasteiger partial charge on any atom is 0.0897 e. The minimum Gasteiger partial charge on any atom is -0.398 e. The van der Waals surface area contributed by atoms with Crippen molar-refractivity contribution in [3.63, 3.8) is 0 Å². The van der Waals surface area contributed by atoms with Crippen LogP contribution >= 0.6 is 12.6 Å². The van der Waals surface area contributed by atoms with E-state index in [9.17, 15) is 0 Å². The van der Waals surface area contributed by atoms with Crippen LogP contribution in [0.2, 0.25) is 0 Å². The molecule has 0 aliphatic rings. The normalized spacial score (nSPS) is 10.2. The highest BCUT2D eigenvalue weighted by atomic mass is 32.1. The molecule has 0 unspecified atom stereocenters. The van der Waals surface area contributed by atoms with E-state index < -0.39 is 0 Å². The topological polar surface area (TPSA) is 35.2 Å². The number of benzene rings is 1. The van der Waals surface area contributed by atoms with Gasteiger partial charge in [-0.05, 0) is 18.6 Å². The highest BCUT2D eigenvalue weighted by Gasteiger charge is 2.01. The second-order valence-corrected chi connectivity index (χ2v) is 2.88. The molecule has 1 aromatic carbocycles. The molecule has 0 heterocycles. The van der Waals surface area contributed by atoms with Gasteiger partial charge in [0.05, 0.1) is 12.5 Å². The summed E-state index contributed by atoms with van der Waals surface area (Å²) in [5, 5.41) is 0. The first-order chi connectivity index (χ1) is 5.75. The molecule has 3 heteroatoms. The first-order valence-corrected chi connectivity index (χ1v) is 4.41. The molecule has 0 spiro atoms. The Kier molecular flexibility index (Phi) is 3.44. The van der Waals surface area contributed by atoms with Crippen LogP contribution in [0.5, 0.6) is 0 Å². The van der Waals surface area contributed by atoms with Gasteiger partial charge in [-0.25, -0.2) is 0 Å². The molecule has 0 bridgehead atoms. The molecule has 1 rings (SSSR count). The molecular formula is C9H13NOS. The number of rotatable bonds is 3. The van der Waals surface area contributed by atoms with Crippen LogP contribution in [0.1, 0.15) is 11.1 Å². The van der Waals surface area contributed by atoms with Crippen molar-refractivity contribution in [1.82, 2.24) is 0 Å². The lowest BCUT2D eigenvalue weighted by Crippen LogP contribution is -1.99. The van der Waals surface area contributed by atoms with Gasteiger partial charge in [-0.1, -0.05) is 12.1 Å². The Morgan fingerprint density at radius 1 is 1.50 bits per heavy atom. The van der Waals surface area contributed by atoms with Gasteiger partial charge in [0, 0.05) is 11.3 Å². The van der Waals surface area contributed by atoms with Gasteiger partial charge in [0.1, 0.15) is 0 Å². The van der Waals surface area contributed by atoms with Gasteiger partial charge in [-0.2, -0.15) is 12.6 Å². The maximum atomic E-state index is 5.76. The fourth-order valence-electron chi connectivity index (χ4n) is 1.07. The number of aryl methyl sites for hydroxylation is 1. The smallest absolute Gasteiger partial charge is 0.0897 e. The van der Waals surface area contributed by atoms with Crippen LogP contribution in [0.15, 0.2) is 18.2 Å². The Bertz CT molecular complexity index is 242. The van der Waals surface area contributed by atoms with Crippen LogP contribution < -0.4 is 5.73 Å². The summed E-state index contributed by atoms with van der Waals surface area (Å²) in [6.07, 6.45) is 0. The standard InChI is InChI=1S/C9H13NOS/c1-7-3-2-4-9(10)8(7)5-11-6-12/h2-4,12H,5-6,10H2,1H3. The average Bonchev–Trinajstić information content (AvgIpc) is 2.04. The highest BCUT2D eigenvalue weighted by molar-refractivity contribution is 7.80. The second-order valence-electron chi connectivity index (χ2n) is 2.62. The zero-order valence-corrected chi connectivity index (χ0v) is 7.97. The van der Waals surface area contributed by atoms with E-state index in [1.807, 2.05) is 25.1 Å². The van der Waals surface area contributed by atoms with Crippen LogP contribution in [0.25, 0.3) is 0 Å². The van der Waals surface area contributed by atoms with Crippen LogP contribution in [-0.2, 0) is 11.3 Å². The summed E-state index contributed by atoms with van der Waals surface area (Å²) in [4.78, 5) is 0. The molecule has 0 amide bonds. The van der Waals surface area contributed by atoms with Crippen molar-refractivity contribution in [3.05, 3.63) is 29.3 Å². The summed E-state index contributed by atoms with van der Waals surface area (Å²) in [6, 6.07) is 5.84. The first-order valence-electron chi connectivity index (χ1n) is 3.78. The van der Waals surface area contributed by atoms with Gasteiger partial charge < -0.3 is 10.5 Å². The van der Waals surface area contributed by atoms with Gasteiger partial charge in [0.2, 0.25) is 0 Å². The highest BCUT2D eigenvalue weighted by Crippen LogP contribution is 2.16. The zero-order valence-electron chi connectivity index (χ0n) is 7.08. The molecular weight excluding hydrogens is 170 g/mol. The summed E-state index contributed by atoms with van der Waals surface area (Å²) in [7, 11) is 0. The number of nitrogens with two attached hydrogens (primary N) is 1. The average molecular weight is 183 g/mol. The SMILES string of the molecule is Cc1cccc(N)c1COCS. The van der Waals surface area contributed by atoms with Gasteiger partial charge in [0.15, 0.2) is 0 Å².